The van der Waals surface area contributed by atoms with Crippen molar-refractivity contribution in [1.82, 2.24) is 15.1 Å². The summed E-state index contributed by atoms with van der Waals surface area (Å²) in [4.78, 5) is 24.5. The molecule has 0 atom stereocenters. The van der Waals surface area contributed by atoms with Gasteiger partial charge in [0.1, 0.15) is 5.69 Å². The van der Waals surface area contributed by atoms with Crippen LogP contribution in [0.5, 0.6) is 0 Å². The van der Waals surface area contributed by atoms with E-state index in [-0.39, 0.29) is 36.6 Å². The van der Waals surface area contributed by atoms with Crippen LogP contribution in [-0.2, 0) is 26.9 Å². The molecular weight excluding hydrogens is 439 g/mol. The van der Waals surface area contributed by atoms with Gasteiger partial charge < -0.3 is 14.4 Å². The lowest BCUT2D eigenvalue weighted by Crippen LogP contribution is -2.38. The molecule has 33 heavy (non-hydrogen) atoms. The molecule has 2 rings (SSSR count). The summed E-state index contributed by atoms with van der Waals surface area (Å²) in [6.45, 7) is 12.7. The number of rotatable bonds is 10. The van der Waals surface area contributed by atoms with Crippen LogP contribution >= 0.6 is 0 Å². The van der Waals surface area contributed by atoms with E-state index in [1.54, 1.807) is 7.11 Å². The Morgan fingerprint density at radius 2 is 1.91 bits per heavy atom. The van der Waals surface area contributed by atoms with Crippen LogP contribution in [0, 0.1) is 0 Å². The minimum absolute atomic E-state index is 0.0664. The number of aromatic amines is 1. The normalized spacial score (nSPS) is 12.6. The van der Waals surface area contributed by atoms with Crippen molar-refractivity contribution in [2.45, 2.75) is 58.5 Å². The van der Waals surface area contributed by atoms with Crippen LogP contribution in [-0.4, -0.2) is 60.9 Å². The molecule has 2 heterocycles. The van der Waals surface area contributed by atoms with Gasteiger partial charge >= 0.3 is 12.1 Å². The number of ether oxygens (including phenoxy) is 2. The number of nitrogens with one attached hydrogen (secondary N) is 1. The highest BCUT2D eigenvalue weighted by Crippen LogP contribution is 2.33. The van der Waals surface area contributed by atoms with Gasteiger partial charge in [0, 0.05) is 32.2 Å². The van der Waals surface area contributed by atoms with E-state index in [1.807, 2.05) is 25.0 Å². The first-order valence-electron chi connectivity index (χ1n) is 10.9. The number of aromatic nitrogens is 2. The van der Waals surface area contributed by atoms with Gasteiger partial charge in [0.15, 0.2) is 5.69 Å². The maximum atomic E-state index is 12.8. The van der Waals surface area contributed by atoms with Gasteiger partial charge in [-0.3, -0.25) is 14.7 Å². The average molecular weight is 476 g/mol. The minimum atomic E-state index is -4.54. The lowest BCUT2D eigenvalue weighted by Gasteiger charge is -2.26. The monoisotopic (exact) mass is 475 g/mol. The number of hydrogen-bond donors (Lipinski definition) is 1. The van der Waals surface area contributed by atoms with Crippen LogP contribution in [0.3, 0.4) is 0 Å². The highest BCUT2D eigenvalue weighted by atomic mass is 19.4. The molecule has 0 spiro atoms. The molecule has 1 aromatic rings. The summed E-state index contributed by atoms with van der Waals surface area (Å²) < 4.78 is 47.6. The number of alkyl halides is 3. The second-order valence-corrected chi connectivity index (χ2v) is 7.01. The van der Waals surface area contributed by atoms with Gasteiger partial charge in [-0.2, -0.15) is 18.3 Å². The molecule has 0 unspecified atom stereocenters. The summed E-state index contributed by atoms with van der Waals surface area (Å²) in [7, 11) is 2.98. The van der Waals surface area contributed by atoms with Gasteiger partial charge in [0.25, 0.3) is 5.91 Å². The number of halogens is 3. The number of esters is 1. The van der Waals surface area contributed by atoms with E-state index in [1.165, 1.54) is 12.0 Å². The molecule has 1 amide bonds. The number of fused-ring (bicyclic) bond motifs is 1. The molecular formula is C23H36F3N3O4. The van der Waals surface area contributed by atoms with Crippen molar-refractivity contribution in [2.75, 3.05) is 33.9 Å². The highest BCUT2D eigenvalue weighted by molar-refractivity contribution is 5.95. The molecule has 1 N–H and O–H groups in total. The summed E-state index contributed by atoms with van der Waals surface area (Å²) in [5, 5.41) is 5.43. The van der Waals surface area contributed by atoms with E-state index in [0.717, 1.165) is 18.4 Å². The zero-order valence-corrected chi connectivity index (χ0v) is 20.0. The minimum Gasteiger partial charge on any atom is -0.469 e. The lowest BCUT2D eigenvalue weighted by molar-refractivity contribution is -0.142. The van der Waals surface area contributed by atoms with Crippen LogP contribution in [0.25, 0.3) is 0 Å². The Morgan fingerprint density at radius 1 is 1.24 bits per heavy atom. The summed E-state index contributed by atoms with van der Waals surface area (Å²) >= 11 is 0. The van der Waals surface area contributed by atoms with E-state index in [4.69, 9.17) is 4.74 Å². The summed E-state index contributed by atoms with van der Waals surface area (Å²) in [6.07, 6.45) is 0.849. The third-order valence-electron chi connectivity index (χ3n) is 4.61. The molecule has 188 valence electrons. The van der Waals surface area contributed by atoms with Crippen LogP contribution in [0.2, 0.25) is 0 Å². The number of hydrogen-bond acceptors (Lipinski definition) is 5. The van der Waals surface area contributed by atoms with Gasteiger partial charge in [-0.15, -0.1) is 6.58 Å². The second-order valence-electron chi connectivity index (χ2n) is 7.01. The van der Waals surface area contributed by atoms with E-state index in [9.17, 15) is 22.8 Å². The quantitative estimate of drug-likeness (QED) is 0.294. The van der Waals surface area contributed by atoms with Crippen molar-refractivity contribution in [3.05, 3.63) is 41.8 Å². The molecule has 1 aliphatic heterocycles. The summed E-state index contributed by atoms with van der Waals surface area (Å²) in [5.74, 6) is -0.833. The fraction of sp³-hybridized carbons (Fsp3) is 0.609. The molecule has 0 bridgehead atoms. The summed E-state index contributed by atoms with van der Waals surface area (Å²) in [6, 6.07) is 0. The van der Waals surface area contributed by atoms with Gasteiger partial charge in [-0.25, -0.2) is 0 Å². The molecule has 0 saturated carbocycles. The van der Waals surface area contributed by atoms with Gasteiger partial charge in [-0.05, 0) is 32.1 Å². The van der Waals surface area contributed by atoms with E-state index in [0.29, 0.717) is 26.0 Å². The molecule has 0 radical (unpaired) electrons. The van der Waals surface area contributed by atoms with Crippen molar-refractivity contribution >= 4 is 11.9 Å². The smallest absolute Gasteiger partial charge is 0.433 e. The standard InChI is InChI=1S/C13H16F3N3O3.C8H14O.C2H6/c1-22-9(20)4-2-3-6-19-7-5-8-10(12(19)21)17-18-11(8)13(14,15)16;1-4-5-6-8(2)7-9-3;1-2/h2-7H2,1H3,(H,17,18);4H,1-2,5-7H2,3H3;1-2H3. The lowest BCUT2D eigenvalue weighted by atomic mass is 10.0. The fourth-order valence-electron chi connectivity index (χ4n) is 2.99. The van der Waals surface area contributed by atoms with Crippen molar-refractivity contribution in [3.8, 4) is 0 Å². The first-order chi connectivity index (χ1) is 15.6. The number of allylic oxidation sites excluding steroid dienone is 1. The molecule has 0 aromatic carbocycles. The Kier molecular flexibility index (Phi) is 14.8. The number of carbonyl (C=O) groups is 2. The van der Waals surface area contributed by atoms with Crippen LogP contribution in [0.4, 0.5) is 13.2 Å². The number of amides is 1. The molecule has 10 heteroatoms. The molecule has 0 aliphatic carbocycles. The fourth-order valence-corrected chi connectivity index (χ4v) is 2.99. The van der Waals surface area contributed by atoms with E-state index >= 15 is 0 Å². The predicted molar refractivity (Wildman–Crippen MR) is 121 cm³/mol. The predicted octanol–water partition coefficient (Wildman–Crippen LogP) is 4.95. The number of unbranched alkanes of at least 4 members (excludes halogenated alkanes) is 1. The van der Waals surface area contributed by atoms with Crippen LogP contribution in [0.15, 0.2) is 24.8 Å². The SMILES string of the molecule is C=CCCC(=C)COC.CC.COC(=O)CCCCN1CCc2c(n[nH]c2C(F)(F)F)C1=O. The zero-order chi connectivity index (χ0) is 25.4. The molecule has 7 nitrogen and oxygen atoms in total. The van der Waals surface area contributed by atoms with Crippen molar-refractivity contribution in [2.24, 2.45) is 0 Å². The Morgan fingerprint density at radius 3 is 2.45 bits per heavy atom. The topological polar surface area (TPSA) is 84.5 Å². The van der Waals surface area contributed by atoms with Crippen molar-refractivity contribution in [1.29, 1.82) is 0 Å². The van der Waals surface area contributed by atoms with Gasteiger partial charge in [0.05, 0.1) is 13.7 Å². The van der Waals surface area contributed by atoms with Crippen LogP contribution in [0.1, 0.15) is 67.7 Å². The third-order valence-corrected chi connectivity index (χ3v) is 4.61. The zero-order valence-electron chi connectivity index (χ0n) is 20.0. The number of carbonyl (C=O) groups excluding carboxylic acids is 2. The maximum absolute atomic E-state index is 12.8. The van der Waals surface area contributed by atoms with Gasteiger partial charge in [-0.1, -0.05) is 32.1 Å². The number of nitrogens with zero attached hydrogens (tertiary/aromatic N) is 2. The van der Waals surface area contributed by atoms with Crippen molar-refractivity contribution < 1.29 is 32.2 Å². The van der Waals surface area contributed by atoms with Gasteiger partial charge in [0.2, 0.25) is 0 Å². The Hall–Kier alpha value is -2.62. The second kappa shape index (κ2) is 16.1. The average Bonchev–Trinajstić information content (AvgIpc) is 3.24. The first kappa shape index (κ1) is 30.4. The van der Waals surface area contributed by atoms with E-state index < -0.39 is 17.8 Å². The molecule has 0 saturated heterocycles. The third kappa shape index (κ3) is 10.7. The Bertz CT molecular complexity index is 761. The summed E-state index contributed by atoms with van der Waals surface area (Å²) in [5.41, 5.74) is -0.0338. The Balaban J connectivity index is 0.000000786. The number of methoxy groups -OCH3 is 2. The van der Waals surface area contributed by atoms with E-state index in [2.05, 4.69) is 23.0 Å². The largest absolute Gasteiger partial charge is 0.469 e. The first-order valence-corrected chi connectivity index (χ1v) is 10.9. The van der Waals surface area contributed by atoms with Crippen molar-refractivity contribution in [3.63, 3.8) is 0 Å². The highest BCUT2D eigenvalue weighted by Gasteiger charge is 2.40. The molecule has 1 aromatic heterocycles. The number of H-pyrrole nitrogens is 1. The molecule has 1 aliphatic rings. The Labute approximate surface area is 194 Å². The maximum Gasteiger partial charge on any atom is 0.433 e. The molecule has 0 fully saturated rings. The van der Waals surface area contributed by atoms with Crippen LogP contribution < -0.4 is 0 Å².